The molecule has 0 aromatic carbocycles. The van der Waals surface area contributed by atoms with E-state index in [0.717, 1.165) is 23.6 Å². The highest BCUT2D eigenvalue weighted by atomic mass is 35.5. The van der Waals surface area contributed by atoms with Gasteiger partial charge in [-0.05, 0) is 39.3 Å². The summed E-state index contributed by atoms with van der Waals surface area (Å²) in [6.07, 6.45) is 0. The summed E-state index contributed by atoms with van der Waals surface area (Å²) in [7, 11) is 0. The number of rotatable bonds is 4. The lowest BCUT2D eigenvalue weighted by Crippen LogP contribution is -2.20. The molecule has 0 aliphatic rings. The second kappa shape index (κ2) is 5.38. The van der Waals surface area contributed by atoms with Crippen molar-refractivity contribution in [3.05, 3.63) is 34.3 Å². The van der Waals surface area contributed by atoms with Crippen LogP contribution in [0.2, 0.25) is 0 Å². The van der Waals surface area contributed by atoms with E-state index in [2.05, 4.69) is 18.3 Å². The minimum atomic E-state index is 0.286. The van der Waals surface area contributed by atoms with Crippen LogP contribution in [0.15, 0.2) is 21.6 Å². The number of nitrogens with one attached hydrogen (secondary N) is 1. The molecule has 0 saturated heterocycles. The number of furan rings is 1. The normalized spacial score (nSPS) is 14.3. The van der Waals surface area contributed by atoms with Crippen molar-refractivity contribution in [1.82, 2.24) is 5.32 Å². The smallest absolute Gasteiger partial charge is 0.105 e. The Bertz CT molecular complexity index is 355. The van der Waals surface area contributed by atoms with Crippen molar-refractivity contribution in [3.8, 4) is 0 Å². The molecule has 0 spiro atoms. The average molecular weight is 228 g/mol. The molecule has 1 N–H and O–H groups in total. The molecule has 0 bridgehead atoms. The number of halogens is 1. The topological polar surface area (TPSA) is 25.2 Å². The van der Waals surface area contributed by atoms with Gasteiger partial charge in [-0.25, -0.2) is 0 Å². The Morgan fingerprint density at radius 2 is 2.27 bits per heavy atom. The van der Waals surface area contributed by atoms with Gasteiger partial charge < -0.3 is 9.73 Å². The van der Waals surface area contributed by atoms with E-state index < -0.39 is 0 Å². The molecule has 0 aliphatic carbocycles. The van der Waals surface area contributed by atoms with Crippen LogP contribution in [0.5, 0.6) is 0 Å². The molecule has 15 heavy (non-hydrogen) atoms. The minimum absolute atomic E-state index is 0.286. The summed E-state index contributed by atoms with van der Waals surface area (Å²) in [6, 6.07) is 2.36. The average Bonchev–Trinajstić information content (AvgIpc) is 2.53. The van der Waals surface area contributed by atoms with E-state index in [1.807, 2.05) is 20.8 Å². The first kappa shape index (κ1) is 12.3. The molecule has 1 rings (SSSR count). The van der Waals surface area contributed by atoms with E-state index in [-0.39, 0.29) is 6.04 Å². The van der Waals surface area contributed by atoms with Crippen molar-refractivity contribution in [1.29, 1.82) is 0 Å². The standard InChI is InChI=1S/C12H18ClNO/c1-8(6-13)7-14-10(3)12-5-9(2)15-11(12)4/h5-6,10,14H,7H2,1-4H3/b8-6+. The van der Waals surface area contributed by atoms with Gasteiger partial charge in [0.25, 0.3) is 0 Å². The number of hydrogen-bond donors (Lipinski definition) is 1. The van der Waals surface area contributed by atoms with Crippen LogP contribution < -0.4 is 5.32 Å². The summed E-state index contributed by atoms with van der Waals surface area (Å²) in [4.78, 5) is 0. The van der Waals surface area contributed by atoms with E-state index in [4.69, 9.17) is 16.0 Å². The molecule has 0 saturated carbocycles. The van der Waals surface area contributed by atoms with Crippen molar-refractivity contribution < 1.29 is 4.42 Å². The molecule has 0 amide bonds. The van der Waals surface area contributed by atoms with Crippen LogP contribution >= 0.6 is 11.6 Å². The van der Waals surface area contributed by atoms with Gasteiger partial charge in [0.2, 0.25) is 0 Å². The predicted octanol–water partition coefficient (Wildman–Crippen LogP) is 3.69. The monoisotopic (exact) mass is 227 g/mol. The van der Waals surface area contributed by atoms with Crippen LogP contribution in [-0.4, -0.2) is 6.54 Å². The largest absolute Gasteiger partial charge is 0.466 e. The number of hydrogen-bond acceptors (Lipinski definition) is 2. The first-order chi connectivity index (χ1) is 7.04. The molecule has 84 valence electrons. The molecule has 1 aromatic heterocycles. The highest BCUT2D eigenvalue weighted by Crippen LogP contribution is 2.21. The summed E-state index contributed by atoms with van der Waals surface area (Å²) in [5.41, 5.74) is 3.95. The van der Waals surface area contributed by atoms with E-state index in [1.54, 1.807) is 5.54 Å². The zero-order chi connectivity index (χ0) is 11.4. The Hall–Kier alpha value is -0.730. The van der Waals surface area contributed by atoms with E-state index in [9.17, 15) is 0 Å². The molecule has 1 atom stereocenters. The Morgan fingerprint density at radius 1 is 1.60 bits per heavy atom. The van der Waals surface area contributed by atoms with Gasteiger partial charge in [0, 0.05) is 23.7 Å². The molecular weight excluding hydrogens is 210 g/mol. The first-order valence-corrected chi connectivity index (χ1v) is 5.54. The van der Waals surface area contributed by atoms with Gasteiger partial charge in [0.05, 0.1) is 0 Å². The highest BCUT2D eigenvalue weighted by molar-refractivity contribution is 6.25. The van der Waals surface area contributed by atoms with Crippen molar-refractivity contribution in [2.75, 3.05) is 6.54 Å². The fraction of sp³-hybridized carbons (Fsp3) is 0.500. The summed E-state index contributed by atoms with van der Waals surface area (Å²) in [5, 5.41) is 3.39. The van der Waals surface area contributed by atoms with Crippen LogP contribution in [-0.2, 0) is 0 Å². The van der Waals surface area contributed by atoms with Crippen molar-refractivity contribution in [3.63, 3.8) is 0 Å². The third-order valence-electron chi connectivity index (χ3n) is 2.42. The lowest BCUT2D eigenvalue weighted by Gasteiger charge is -2.12. The maximum absolute atomic E-state index is 5.60. The van der Waals surface area contributed by atoms with Gasteiger partial charge in [-0.2, -0.15) is 0 Å². The minimum Gasteiger partial charge on any atom is -0.466 e. The Labute approximate surface area is 96.3 Å². The lowest BCUT2D eigenvalue weighted by atomic mass is 10.1. The Kier molecular flexibility index (Phi) is 4.43. The van der Waals surface area contributed by atoms with Crippen LogP contribution in [0.1, 0.15) is 37.0 Å². The van der Waals surface area contributed by atoms with Crippen LogP contribution in [0.25, 0.3) is 0 Å². The lowest BCUT2D eigenvalue weighted by molar-refractivity contribution is 0.492. The summed E-state index contributed by atoms with van der Waals surface area (Å²) >= 11 is 5.60. The predicted molar refractivity (Wildman–Crippen MR) is 64.2 cm³/mol. The SMILES string of the molecule is C/C(=C\Cl)CNC(C)c1cc(C)oc1C. The third kappa shape index (κ3) is 3.40. The van der Waals surface area contributed by atoms with Gasteiger partial charge >= 0.3 is 0 Å². The van der Waals surface area contributed by atoms with Gasteiger partial charge in [-0.3, -0.25) is 0 Å². The molecule has 0 radical (unpaired) electrons. The molecule has 1 unspecified atom stereocenters. The fourth-order valence-electron chi connectivity index (χ4n) is 1.54. The van der Waals surface area contributed by atoms with Crippen LogP contribution in [0.3, 0.4) is 0 Å². The maximum Gasteiger partial charge on any atom is 0.105 e. The van der Waals surface area contributed by atoms with Gasteiger partial charge in [-0.1, -0.05) is 11.6 Å². The fourth-order valence-corrected chi connectivity index (χ4v) is 1.62. The van der Waals surface area contributed by atoms with E-state index in [1.165, 1.54) is 5.56 Å². The molecular formula is C12H18ClNO. The van der Waals surface area contributed by atoms with Gasteiger partial charge in [-0.15, -0.1) is 0 Å². The Morgan fingerprint density at radius 3 is 2.73 bits per heavy atom. The van der Waals surface area contributed by atoms with Crippen LogP contribution in [0.4, 0.5) is 0 Å². The molecule has 1 heterocycles. The van der Waals surface area contributed by atoms with Crippen molar-refractivity contribution >= 4 is 11.6 Å². The molecule has 0 fully saturated rings. The highest BCUT2D eigenvalue weighted by Gasteiger charge is 2.11. The van der Waals surface area contributed by atoms with Crippen molar-refractivity contribution in [2.45, 2.75) is 33.7 Å². The van der Waals surface area contributed by atoms with Gasteiger partial charge in [0.15, 0.2) is 0 Å². The molecule has 1 aromatic rings. The zero-order valence-electron chi connectivity index (χ0n) is 9.73. The summed E-state index contributed by atoms with van der Waals surface area (Å²) in [6.45, 7) is 8.88. The second-order valence-corrected chi connectivity index (χ2v) is 4.14. The van der Waals surface area contributed by atoms with E-state index in [0.29, 0.717) is 0 Å². The molecule has 3 heteroatoms. The second-order valence-electron chi connectivity index (χ2n) is 3.93. The van der Waals surface area contributed by atoms with E-state index >= 15 is 0 Å². The number of aryl methyl sites for hydroxylation is 2. The summed E-state index contributed by atoms with van der Waals surface area (Å²) < 4.78 is 5.49. The maximum atomic E-state index is 5.60. The zero-order valence-corrected chi connectivity index (χ0v) is 10.5. The molecule has 0 aliphatic heterocycles. The van der Waals surface area contributed by atoms with Gasteiger partial charge in [0.1, 0.15) is 11.5 Å². The first-order valence-electron chi connectivity index (χ1n) is 5.10. The van der Waals surface area contributed by atoms with Crippen molar-refractivity contribution in [2.24, 2.45) is 0 Å². The summed E-state index contributed by atoms with van der Waals surface area (Å²) in [5.74, 6) is 1.95. The molecule has 2 nitrogen and oxygen atoms in total. The van der Waals surface area contributed by atoms with Crippen LogP contribution in [0, 0.1) is 13.8 Å². The quantitative estimate of drug-likeness (QED) is 0.849. The third-order valence-corrected chi connectivity index (χ3v) is 2.79. The Balaban J connectivity index is 2.61.